The average molecular weight is 309 g/mol. The molecule has 3 rings (SSSR count). The molecule has 0 unspecified atom stereocenters. The highest BCUT2D eigenvalue weighted by Gasteiger charge is 2.13. The van der Waals surface area contributed by atoms with Crippen LogP contribution in [0.2, 0.25) is 0 Å². The van der Waals surface area contributed by atoms with Gasteiger partial charge in [0.1, 0.15) is 11.5 Å². The lowest BCUT2D eigenvalue weighted by Gasteiger charge is -2.07. The maximum atomic E-state index is 13.6. The molecular weight excluding hydrogens is 297 g/mol. The molecule has 0 aliphatic heterocycles. The summed E-state index contributed by atoms with van der Waals surface area (Å²) in [6.07, 6.45) is 4.78. The summed E-state index contributed by atoms with van der Waals surface area (Å²) in [5, 5.41) is 2.44. The molecule has 114 valence electrons. The van der Waals surface area contributed by atoms with Crippen LogP contribution in [0, 0.1) is 5.82 Å². The molecule has 2 heterocycles. The number of hydrogen-bond acceptors (Lipinski definition) is 3. The van der Waals surface area contributed by atoms with Crippen molar-refractivity contribution in [2.45, 2.75) is 0 Å². The Morgan fingerprint density at radius 3 is 2.57 bits per heavy atom. The predicted molar refractivity (Wildman–Crippen MR) is 84.6 cm³/mol. The van der Waals surface area contributed by atoms with Crippen LogP contribution < -0.4 is 10.9 Å². The SMILES string of the molecule is O=C(Nc1cc(-c2ccncc2)c[nH]c1=O)c1ccccc1F. The Morgan fingerprint density at radius 2 is 1.83 bits per heavy atom. The number of pyridine rings is 2. The number of carbonyl (C=O) groups is 1. The van der Waals surface area contributed by atoms with E-state index in [0.29, 0.717) is 5.56 Å². The molecule has 2 N–H and O–H groups in total. The van der Waals surface area contributed by atoms with Gasteiger partial charge < -0.3 is 10.3 Å². The van der Waals surface area contributed by atoms with Crippen LogP contribution in [0.5, 0.6) is 0 Å². The van der Waals surface area contributed by atoms with Crippen LogP contribution in [0.15, 0.2) is 65.8 Å². The van der Waals surface area contributed by atoms with E-state index in [0.717, 1.165) is 5.56 Å². The molecule has 0 saturated carbocycles. The molecule has 5 nitrogen and oxygen atoms in total. The molecule has 0 spiro atoms. The van der Waals surface area contributed by atoms with E-state index in [1.165, 1.54) is 30.5 Å². The summed E-state index contributed by atoms with van der Waals surface area (Å²) in [4.78, 5) is 30.5. The van der Waals surface area contributed by atoms with Crippen molar-refractivity contribution in [1.29, 1.82) is 0 Å². The fourth-order valence-corrected chi connectivity index (χ4v) is 2.12. The molecule has 2 aromatic heterocycles. The number of rotatable bonds is 3. The maximum Gasteiger partial charge on any atom is 0.271 e. The van der Waals surface area contributed by atoms with Crippen molar-refractivity contribution >= 4 is 11.6 Å². The van der Waals surface area contributed by atoms with Crippen LogP contribution in [0.25, 0.3) is 11.1 Å². The van der Waals surface area contributed by atoms with Gasteiger partial charge in [-0.05, 0) is 35.9 Å². The van der Waals surface area contributed by atoms with Gasteiger partial charge in [0.05, 0.1) is 5.56 Å². The number of amides is 1. The van der Waals surface area contributed by atoms with E-state index in [2.05, 4.69) is 15.3 Å². The topological polar surface area (TPSA) is 74.8 Å². The highest BCUT2D eigenvalue weighted by molar-refractivity contribution is 6.04. The Bertz CT molecular complexity index is 907. The Hall–Kier alpha value is -3.28. The zero-order chi connectivity index (χ0) is 16.2. The number of carbonyl (C=O) groups excluding carboxylic acids is 1. The van der Waals surface area contributed by atoms with Crippen molar-refractivity contribution in [3.05, 3.63) is 82.8 Å². The van der Waals surface area contributed by atoms with Gasteiger partial charge in [-0.1, -0.05) is 12.1 Å². The Labute approximate surface area is 130 Å². The quantitative estimate of drug-likeness (QED) is 0.781. The van der Waals surface area contributed by atoms with Crippen LogP contribution in [0.1, 0.15) is 10.4 Å². The number of aromatic nitrogens is 2. The number of aromatic amines is 1. The van der Waals surface area contributed by atoms with Gasteiger partial charge in [-0.3, -0.25) is 14.6 Å². The van der Waals surface area contributed by atoms with E-state index >= 15 is 0 Å². The summed E-state index contributed by atoms with van der Waals surface area (Å²) in [7, 11) is 0. The highest BCUT2D eigenvalue weighted by atomic mass is 19.1. The van der Waals surface area contributed by atoms with Crippen molar-refractivity contribution in [2.24, 2.45) is 0 Å². The molecule has 0 bridgehead atoms. The third-order valence-electron chi connectivity index (χ3n) is 3.28. The molecule has 1 amide bonds. The summed E-state index contributed by atoms with van der Waals surface area (Å²) >= 11 is 0. The lowest BCUT2D eigenvalue weighted by molar-refractivity contribution is 0.102. The molecule has 0 aliphatic carbocycles. The van der Waals surface area contributed by atoms with Gasteiger partial charge in [0.2, 0.25) is 0 Å². The fourth-order valence-electron chi connectivity index (χ4n) is 2.12. The van der Waals surface area contributed by atoms with Crippen LogP contribution in [-0.2, 0) is 0 Å². The van der Waals surface area contributed by atoms with Crippen LogP contribution in [-0.4, -0.2) is 15.9 Å². The van der Waals surface area contributed by atoms with Crippen LogP contribution in [0.4, 0.5) is 10.1 Å². The third-order valence-corrected chi connectivity index (χ3v) is 3.28. The molecule has 3 aromatic rings. The van der Waals surface area contributed by atoms with E-state index in [1.807, 2.05) is 0 Å². The van der Waals surface area contributed by atoms with Gasteiger partial charge in [0, 0.05) is 24.2 Å². The summed E-state index contributed by atoms with van der Waals surface area (Å²) in [6.45, 7) is 0. The van der Waals surface area contributed by atoms with Gasteiger partial charge in [-0.15, -0.1) is 0 Å². The number of hydrogen-bond donors (Lipinski definition) is 2. The van der Waals surface area contributed by atoms with Gasteiger partial charge in [0.15, 0.2) is 0 Å². The Morgan fingerprint density at radius 1 is 1.09 bits per heavy atom. The zero-order valence-corrected chi connectivity index (χ0v) is 11.9. The number of nitrogens with one attached hydrogen (secondary N) is 2. The fraction of sp³-hybridized carbons (Fsp3) is 0. The number of nitrogens with zero attached hydrogens (tertiary/aromatic N) is 1. The van der Waals surface area contributed by atoms with Crippen molar-refractivity contribution in [3.63, 3.8) is 0 Å². The first-order valence-corrected chi connectivity index (χ1v) is 6.84. The molecule has 1 aromatic carbocycles. The number of anilines is 1. The maximum absolute atomic E-state index is 13.6. The summed E-state index contributed by atoms with van der Waals surface area (Å²) in [6, 6.07) is 10.7. The highest BCUT2D eigenvalue weighted by Crippen LogP contribution is 2.19. The van der Waals surface area contributed by atoms with Gasteiger partial charge in [0.25, 0.3) is 11.5 Å². The minimum atomic E-state index is -0.680. The average Bonchev–Trinajstić information content (AvgIpc) is 2.58. The second-order valence-electron chi connectivity index (χ2n) is 4.80. The summed E-state index contributed by atoms with van der Waals surface area (Å²) < 4.78 is 13.6. The minimum absolute atomic E-state index is 0.0487. The van der Waals surface area contributed by atoms with E-state index in [-0.39, 0.29) is 11.3 Å². The van der Waals surface area contributed by atoms with Gasteiger partial charge in [-0.25, -0.2) is 4.39 Å². The zero-order valence-electron chi connectivity index (χ0n) is 11.9. The standard InChI is InChI=1S/C17H12FN3O2/c18-14-4-2-1-3-13(14)16(22)21-15-9-12(10-20-17(15)23)11-5-7-19-8-6-11/h1-10H,(H,20,23)(H,21,22). The lowest BCUT2D eigenvalue weighted by atomic mass is 10.1. The molecule has 23 heavy (non-hydrogen) atoms. The second kappa shape index (κ2) is 6.23. The largest absolute Gasteiger partial charge is 0.327 e. The number of halogens is 1. The molecule has 0 saturated heterocycles. The Kier molecular flexibility index (Phi) is 3.97. The molecule has 0 atom stereocenters. The van der Waals surface area contributed by atoms with Crippen LogP contribution in [0.3, 0.4) is 0 Å². The molecule has 0 radical (unpaired) electrons. The second-order valence-corrected chi connectivity index (χ2v) is 4.80. The van der Waals surface area contributed by atoms with E-state index < -0.39 is 17.3 Å². The van der Waals surface area contributed by atoms with Crippen molar-refractivity contribution in [3.8, 4) is 11.1 Å². The summed E-state index contributed by atoms with van der Waals surface area (Å²) in [5.74, 6) is -1.33. The number of H-pyrrole nitrogens is 1. The third kappa shape index (κ3) is 3.16. The minimum Gasteiger partial charge on any atom is -0.327 e. The van der Waals surface area contributed by atoms with Gasteiger partial charge in [-0.2, -0.15) is 0 Å². The first-order valence-electron chi connectivity index (χ1n) is 6.84. The van der Waals surface area contributed by atoms with Crippen LogP contribution >= 0.6 is 0 Å². The molecule has 6 heteroatoms. The molecule has 0 fully saturated rings. The summed E-state index contributed by atoms with van der Waals surface area (Å²) in [5.41, 5.74) is 0.995. The van der Waals surface area contributed by atoms with Crippen molar-refractivity contribution in [1.82, 2.24) is 9.97 Å². The molecule has 0 aliphatic rings. The van der Waals surface area contributed by atoms with Crippen molar-refractivity contribution < 1.29 is 9.18 Å². The monoisotopic (exact) mass is 309 g/mol. The van der Waals surface area contributed by atoms with E-state index in [1.54, 1.807) is 30.6 Å². The van der Waals surface area contributed by atoms with E-state index in [4.69, 9.17) is 0 Å². The number of benzene rings is 1. The smallest absolute Gasteiger partial charge is 0.271 e. The predicted octanol–water partition coefficient (Wildman–Crippen LogP) is 2.83. The van der Waals surface area contributed by atoms with Crippen molar-refractivity contribution in [2.75, 3.05) is 5.32 Å². The van der Waals surface area contributed by atoms with Gasteiger partial charge >= 0.3 is 0 Å². The van der Waals surface area contributed by atoms with E-state index in [9.17, 15) is 14.0 Å². The Balaban J connectivity index is 1.93. The normalized spacial score (nSPS) is 10.3. The lowest BCUT2D eigenvalue weighted by Crippen LogP contribution is -2.20. The first kappa shape index (κ1) is 14.6. The molecular formula is C17H12FN3O2. The first-order chi connectivity index (χ1) is 11.1.